The predicted molar refractivity (Wildman–Crippen MR) is 141 cm³/mol. The van der Waals surface area contributed by atoms with Gasteiger partial charge in [0.25, 0.3) is 10.0 Å². The van der Waals surface area contributed by atoms with E-state index in [2.05, 4.69) is 20.6 Å². The Morgan fingerprint density at radius 1 is 0.974 bits per heavy atom. The van der Waals surface area contributed by atoms with Crippen LogP contribution in [0.5, 0.6) is 0 Å². The van der Waals surface area contributed by atoms with Gasteiger partial charge in [-0.25, -0.2) is 17.2 Å². The van der Waals surface area contributed by atoms with Crippen molar-refractivity contribution in [1.82, 2.24) is 13.9 Å². The number of anilines is 3. The van der Waals surface area contributed by atoms with Crippen LogP contribution in [-0.2, 0) is 14.8 Å². The Balaban J connectivity index is 1.73. The lowest BCUT2D eigenvalue weighted by molar-refractivity contribution is -0.115. The van der Waals surface area contributed by atoms with E-state index in [1.165, 1.54) is 48.7 Å². The summed E-state index contributed by atoms with van der Waals surface area (Å²) in [4.78, 5) is 20.7. The summed E-state index contributed by atoms with van der Waals surface area (Å²) in [5.74, 6) is -0.885. The minimum atomic E-state index is -4.54. The fourth-order valence-corrected chi connectivity index (χ4v) is 4.84. The van der Waals surface area contributed by atoms with Crippen molar-refractivity contribution >= 4 is 44.5 Å². The van der Waals surface area contributed by atoms with Crippen LogP contribution in [0.2, 0.25) is 0 Å². The fraction of sp³-hybridized carbons (Fsp3) is 0.269. The third-order valence-corrected chi connectivity index (χ3v) is 7.00. The number of nitrogens with zero attached hydrogens (tertiary/aromatic N) is 3. The van der Waals surface area contributed by atoms with Gasteiger partial charge in [0.15, 0.2) is 5.65 Å². The van der Waals surface area contributed by atoms with Crippen LogP contribution in [0.4, 0.5) is 30.6 Å². The number of benzene rings is 2. The van der Waals surface area contributed by atoms with Crippen LogP contribution in [0.3, 0.4) is 0 Å². The number of carbonyl (C=O) groups excluding carboxylic acids is 1. The van der Waals surface area contributed by atoms with E-state index < -0.39 is 34.3 Å². The molecule has 0 atom stereocenters. The Hall–Kier alpha value is -4.13. The highest BCUT2D eigenvalue weighted by Crippen LogP contribution is 2.29. The monoisotopic (exact) mass is 561 g/mol. The number of hydrogen-bond acceptors (Lipinski definition) is 8. The van der Waals surface area contributed by atoms with Gasteiger partial charge in [-0.15, -0.1) is 0 Å². The molecule has 4 rings (SSSR count). The van der Waals surface area contributed by atoms with Crippen molar-refractivity contribution in [2.45, 2.75) is 44.4 Å². The summed E-state index contributed by atoms with van der Waals surface area (Å²) in [5.41, 5.74) is 0.755. The van der Waals surface area contributed by atoms with Crippen molar-refractivity contribution < 1.29 is 31.1 Å². The fourth-order valence-electron chi connectivity index (χ4n) is 3.54. The van der Waals surface area contributed by atoms with Crippen LogP contribution in [0.25, 0.3) is 11.0 Å². The lowest BCUT2D eigenvalue weighted by Gasteiger charge is -2.19. The van der Waals surface area contributed by atoms with E-state index >= 15 is 0 Å². The zero-order chi connectivity index (χ0) is 28.6. The number of carbonyl (C=O) groups is 1. The third-order valence-electron chi connectivity index (χ3n) is 5.32. The van der Waals surface area contributed by atoms with Crippen LogP contribution in [-0.4, -0.2) is 46.6 Å². The molecule has 13 heteroatoms. The number of hydrogen-bond donors (Lipinski definition) is 2. The number of aromatic nitrogens is 3. The maximum Gasteiger partial charge on any atom is 0.405 e. The number of esters is 1. The molecule has 0 saturated carbocycles. The van der Waals surface area contributed by atoms with E-state index in [1.54, 1.807) is 32.9 Å². The molecular formula is C26H26F3N5O4S. The normalized spacial score (nSPS) is 12.4. The number of fused-ring (bicyclic) bond motifs is 1. The lowest BCUT2D eigenvalue weighted by atomic mass is 10.1. The molecule has 0 unspecified atom stereocenters. The summed E-state index contributed by atoms with van der Waals surface area (Å²) >= 11 is 0. The maximum atomic E-state index is 13.4. The summed E-state index contributed by atoms with van der Waals surface area (Å²) < 4.78 is 71.9. The molecule has 0 fully saturated rings. The quantitative estimate of drug-likeness (QED) is 0.278. The van der Waals surface area contributed by atoms with Crippen molar-refractivity contribution in [3.63, 3.8) is 0 Å². The Bertz CT molecular complexity index is 1610. The molecule has 9 nitrogen and oxygen atoms in total. The molecule has 0 bridgehead atoms. The van der Waals surface area contributed by atoms with Gasteiger partial charge in [0.05, 0.1) is 15.8 Å². The Morgan fingerprint density at radius 2 is 1.62 bits per heavy atom. The van der Waals surface area contributed by atoms with Crippen molar-refractivity contribution in [1.29, 1.82) is 0 Å². The van der Waals surface area contributed by atoms with Crippen LogP contribution < -0.4 is 10.6 Å². The molecule has 0 spiro atoms. The molecule has 0 aliphatic rings. The lowest BCUT2D eigenvalue weighted by Crippen LogP contribution is -2.23. The standard InChI is InChI=1S/C26H26F3N5O4S/c1-16-5-11-19(12-6-16)39(36,37)34-14-13-20-21(30-15-26(27,28)29)32-24(33-22(20)34)31-18-9-7-17(8-10-18)23(35)38-25(2,3)4/h5-14H,15H2,1-4H3,(H2,30,31,32,33). The van der Waals surface area contributed by atoms with Gasteiger partial charge >= 0.3 is 12.1 Å². The molecular weight excluding hydrogens is 535 g/mol. The summed E-state index contributed by atoms with van der Waals surface area (Å²) in [6, 6.07) is 13.6. The van der Waals surface area contributed by atoms with Gasteiger partial charge in [0, 0.05) is 11.9 Å². The highest BCUT2D eigenvalue weighted by atomic mass is 32.2. The Kier molecular flexibility index (Phi) is 7.30. The summed E-state index contributed by atoms with van der Waals surface area (Å²) in [6.07, 6.45) is -3.33. The first kappa shape index (κ1) is 27.9. The second-order valence-electron chi connectivity index (χ2n) is 9.74. The zero-order valence-corrected chi connectivity index (χ0v) is 22.3. The highest BCUT2D eigenvalue weighted by molar-refractivity contribution is 7.90. The summed E-state index contributed by atoms with van der Waals surface area (Å²) in [7, 11) is -4.12. The Labute approximate surface area is 223 Å². The van der Waals surface area contributed by atoms with Crippen LogP contribution >= 0.6 is 0 Å². The molecule has 0 amide bonds. The smallest absolute Gasteiger partial charge is 0.405 e. The van der Waals surface area contributed by atoms with Crippen molar-refractivity contribution in [2.24, 2.45) is 0 Å². The Morgan fingerprint density at radius 3 is 2.21 bits per heavy atom. The number of alkyl halides is 3. The van der Waals surface area contributed by atoms with Crippen molar-refractivity contribution in [2.75, 3.05) is 17.2 Å². The van der Waals surface area contributed by atoms with E-state index in [0.717, 1.165) is 9.54 Å². The van der Waals surface area contributed by atoms with Gasteiger partial charge in [0.2, 0.25) is 5.95 Å². The van der Waals surface area contributed by atoms with Gasteiger partial charge in [-0.1, -0.05) is 17.7 Å². The van der Waals surface area contributed by atoms with E-state index in [1.807, 2.05) is 6.92 Å². The van der Waals surface area contributed by atoms with E-state index in [-0.39, 0.29) is 33.3 Å². The molecule has 0 saturated heterocycles. The first-order valence-electron chi connectivity index (χ1n) is 11.7. The number of halogens is 3. The topological polar surface area (TPSA) is 115 Å². The number of nitrogens with one attached hydrogen (secondary N) is 2. The van der Waals surface area contributed by atoms with Gasteiger partial charge in [-0.2, -0.15) is 23.1 Å². The molecule has 2 N–H and O–H groups in total. The minimum Gasteiger partial charge on any atom is -0.456 e. The summed E-state index contributed by atoms with van der Waals surface area (Å²) in [6.45, 7) is 5.65. The average Bonchev–Trinajstić information content (AvgIpc) is 3.27. The maximum absolute atomic E-state index is 13.4. The van der Waals surface area contributed by atoms with Gasteiger partial charge in [0.1, 0.15) is 18.0 Å². The van der Waals surface area contributed by atoms with E-state index in [4.69, 9.17) is 4.74 Å². The first-order valence-corrected chi connectivity index (χ1v) is 13.2. The van der Waals surface area contributed by atoms with Crippen molar-refractivity contribution in [3.8, 4) is 0 Å². The molecule has 2 aromatic heterocycles. The molecule has 0 aliphatic carbocycles. The first-order chi connectivity index (χ1) is 18.1. The van der Waals surface area contributed by atoms with Crippen molar-refractivity contribution in [3.05, 3.63) is 71.9 Å². The zero-order valence-electron chi connectivity index (χ0n) is 21.5. The van der Waals surface area contributed by atoms with E-state index in [0.29, 0.717) is 5.69 Å². The SMILES string of the molecule is Cc1ccc(S(=O)(=O)n2ccc3c(NCC(F)(F)F)nc(Nc4ccc(C(=O)OC(C)(C)C)cc4)nc32)cc1. The minimum absolute atomic E-state index is 0.0127. The summed E-state index contributed by atoms with van der Waals surface area (Å²) in [5, 5.41) is 5.17. The molecule has 0 radical (unpaired) electrons. The molecule has 2 aromatic carbocycles. The van der Waals surface area contributed by atoms with E-state index in [9.17, 15) is 26.4 Å². The average molecular weight is 562 g/mol. The van der Waals surface area contributed by atoms with Gasteiger partial charge in [-0.3, -0.25) is 0 Å². The highest BCUT2D eigenvalue weighted by Gasteiger charge is 2.28. The second-order valence-corrected chi connectivity index (χ2v) is 11.6. The van der Waals surface area contributed by atoms with Crippen LogP contribution in [0, 0.1) is 6.92 Å². The molecule has 0 aliphatic heterocycles. The van der Waals surface area contributed by atoms with Crippen LogP contribution in [0.15, 0.2) is 65.7 Å². The molecule has 2 heterocycles. The second kappa shape index (κ2) is 10.2. The molecule has 39 heavy (non-hydrogen) atoms. The molecule has 206 valence electrons. The van der Waals surface area contributed by atoms with Gasteiger partial charge in [-0.05, 0) is 70.2 Å². The predicted octanol–water partition coefficient (Wildman–Crippen LogP) is 5.65. The van der Waals surface area contributed by atoms with Gasteiger partial charge < -0.3 is 15.4 Å². The largest absolute Gasteiger partial charge is 0.456 e. The number of rotatable bonds is 7. The third kappa shape index (κ3) is 6.66. The molecule has 4 aromatic rings. The number of ether oxygens (including phenoxy) is 1. The van der Waals surface area contributed by atoms with Crippen LogP contribution in [0.1, 0.15) is 36.7 Å². The number of aryl methyl sites for hydroxylation is 1.